The van der Waals surface area contributed by atoms with E-state index in [1.54, 1.807) is 0 Å². The normalized spacial score (nSPS) is 20.4. The molecule has 0 radical (unpaired) electrons. The van der Waals surface area contributed by atoms with Crippen molar-refractivity contribution >= 4 is 23.5 Å². The molecule has 186 valence electrons. The molecule has 2 aromatic rings. The lowest BCUT2D eigenvalue weighted by atomic mass is 9.91. The Bertz CT molecular complexity index is 1030. The highest BCUT2D eigenvalue weighted by atomic mass is 19.4. The molecule has 0 saturated heterocycles. The minimum Gasteiger partial charge on any atom is -0.455 e. The number of hydrogen-bond donors (Lipinski definition) is 3. The largest absolute Gasteiger partial charge is 0.455 e. The van der Waals surface area contributed by atoms with Gasteiger partial charge in [-0.2, -0.15) is 18.2 Å². The molecule has 8 nitrogen and oxygen atoms in total. The molecule has 1 fully saturated rings. The van der Waals surface area contributed by atoms with Crippen LogP contribution in [0.2, 0.25) is 0 Å². The number of hydrogen-bond acceptors (Lipinski definition) is 6. The number of aromatic nitrogens is 2. The van der Waals surface area contributed by atoms with E-state index < -0.39 is 18.0 Å². The average molecular weight is 481 g/mol. The van der Waals surface area contributed by atoms with Crippen LogP contribution in [0.5, 0.6) is 0 Å². The minimum atomic E-state index is -4.67. The topological polar surface area (TPSA) is 95.3 Å². The fourth-order valence-corrected chi connectivity index (χ4v) is 4.73. The van der Waals surface area contributed by atoms with Crippen molar-refractivity contribution in [2.75, 3.05) is 29.6 Å². The van der Waals surface area contributed by atoms with Gasteiger partial charge in [0.15, 0.2) is 0 Å². The number of alkyl halides is 3. The lowest BCUT2D eigenvalue weighted by Gasteiger charge is -2.30. The second-order valence-electron chi connectivity index (χ2n) is 9.29. The summed E-state index contributed by atoms with van der Waals surface area (Å²) in [6, 6.07) is 0.550. The van der Waals surface area contributed by atoms with E-state index in [1.807, 2.05) is 19.0 Å². The van der Waals surface area contributed by atoms with Gasteiger partial charge >= 0.3 is 12.2 Å². The van der Waals surface area contributed by atoms with Crippen LogP contribution >= 0.6 is 0 Å². The van der Waals surface area contributed by atoms with Crippen molar-refractivity contribution in [2.45, 2.75) is 76.6 Å². The van der Waals surface area contributed by atoms with Crippen molar-refractivity contribution in [3.63, 3.8) is 0 Å². The highest BCUT2D eigenvalue weighted by Gasteiger charge is 2.39. The summed E-state index contributed by atoms with van der Waals surface area (Å²) in [7, 11) is 3.98. The van der Waals surface area contributed by atoms with Gasteiger partial charge < -0.3 is 25.3 Å². The fraction of sp³-hybridized carbons (Fsp3) is 0.609. The Balaban J connectivity index is 1.31. The van der Waals surface area contributed by atoms with Crippen LogP contribution in [0.4, 0.5) is 35.4 Å². The second kappa shape index (κ2) is 9.71. The van der Waals surface area contributed by atoms with Gasteiger partial charge in [0.25, 0.3) is 0 Å². The van der Waals surface area contributed by atoms with Gasteiger partial charge in [-0.25, -0.2) is 9.78 Å². The van der Waals surface area contributed by atoms with E-state index in [9.17, 15) is 18.0 Å². The predicted octanol–water partition coefficient (Wildman–Crippen LogP) is 4.89. The number of urea groups is 1. The number of carbonyl (C=O) groups is 1. The molecule has 0 aliphatic heterocycles. The molecule has 2 aliphatic rings. The maximum Gasteiger partial charge on any atom is 0.451 e. The highest BCUT2D eigenvalue weighted by molar-refractivity contribution is 5.90. The molecule has 3 N–H and O–H groups in total. The van der Waals surface area contributed by atoms with E-state index in [-0.39, 0.29) is 23.5 Å². The first-order valence-electron chi connectivity index (χ1n) is 11.7. The number of rotatable bonds is 5. The lowest BCUT2D eigenvalue weighted by molar-refractivity contribution is -0.152. The van der Waals surface area contributed by atoms with Crippen LogP contribution in [-0.2, 0) is 19.0 Å². The van der Waals surface area contributed by atoms with Gasteiger partial charge in [-0.3, -0.25) is 0 Å². The van der Waals surface area contributed by atoms with Crippen LogP contribution < -0.4 is 20.9 Å². The number of halogens is 3. The van der Waals surface area contributed by atoms with E-state index in [0.29, 0.717) is 18.8 Å². The van der Waals surface area contributed by atoms with Crippen LogP contribution in [0.1, 0.15) is 61.3 Å². The van der Waals surface area contributed by atoms with Crippen molar-refractivity contribution in [3.05, 3.63) is 28.8 Å². The van der Waals surface area contributed by atoms with Crippen LogP contribution in [0.25, 0.3) is 0 Å². The number of aryl methyl sites for hydroxylation is 2. The molecule has 0 unspecified atom stereocenters. The van der Waals surface area contributed by atoms with Crippen LogP contribution in [0.15, 0.2) is 10.5 Å². The summed E-state index contributed by atoms with van der Waals surface area (Å²) in [5.74, 6) is 0.478. The molecule has 2 heterocycles. The van der Waals surface area contributed by atoms with Gasteiger partial charge in [0.2, 0.25) is 11.7 Å². The molecular formula is C23H31F3N6O2. The summed E-state index contributed by atoms with van der Waals surface area (Å²) in [6.07, 6.45) is 2.58. The Morgan fingerprint density at radius 3 is 2.44 bits per heavy atom. The SMILES string of the molecule is Cc1cc(NC(=O)NC2CCC(Nc3nc4c(c(N(C)C)n3)CCCC4)CC2)c(C(F)(F)F)o1. The van der Waals surface area contributed by atoms with Crippen molar-refractivity contribution in [1.82, 2.24) is 15.3 Å². The van der Waals surface area contributed by atoms with Crippen LogP contribution in [-0.4, -0.2) is 42.2 Å². The van der Waals surface area contributed by atoms with Crippen molar-refractivity contribution < 1.29 is 22.4 Å². The summed E-state index contributed by atoms with van der Waals surface area (Å²) in [4.78, 5) is 23.9. The summed E-state index contributed by atoms with van der Waals surface area (Å²) in [6.45, 7) is 1.40. The molecule has 0 aromatic carbocycles. The zero-order valence-corrected chi connectivity index (χ0v) is 19.7. The number of furan rings is 1. The Labute approximate surface area is 196 Å². The molecule has 1 saturated carbocycles. The van der Waals surface area contributed by atoms with Gasteiger partial charge in [-0.05, 0) is 58.3 Å². The molecule has 2 aromatic heterocycles. The molecule has 0 atom stereocenters. The molecule has 2 aliphatic carbocycles. The highest BCUT2D eigenvalue weighted by Crippen LogP contribution is 2.37. The predicted molar refractivity (Wildman–Crippen MR) is 123 cm³/mol. The van der Waals surface area contributed by atoms with E-state index in [2.05, 4.69) is 16.0 Å². The van der Waals surface area contributed by atoms with Gasteiger partial charge in [0.1, 0.15) is 11.6 Å². The quantitative estimate of drug-likeness (QED) is 0.564. The van der Waals surface area contributed by atoms with Crippen molar-refractivity contribution in [3.8, 4) is 0 Å². The first kappa shape index (κ1) is 24.2. The minimum absolute atomic E-state index is 0.0797. The van der Waals surface area contributed by atoms with E-state index in [0.717, 1.165) is 50.0 Å². The third-order valence-electron chi connectivity index (χ3n) is 6.34. The summed E-state index contributed by atoms with van der Waals surface area (Å²) in [5.41, 5.74) is 1.98. The molecule has 2 amide bonds. The Hall–Kier alpha value is -2.98. The standard InChI is InChI=1S/C23H31F3N6O2/c1-13-12-18(19(34-13)23(24,25)26)30-22(33)28-15-10-8-14(9-11-15)27-21-29-17-7-5-4-6-16(17)20(31-21)32(2)3/h12,14-15H,4-11H2,1-3H3,(H,27,29,31)(H2,28,30,33). The number of amides is 2. The van der Waals surface area contributed by atoms with Crippen molar-refractivity contribution in [1.29, 1.82) is 0 Å². The third kappa shape index (κ3) is 5.56. The van der Waals surface area contributed by atoms with Gasteiger partial charge in [-0.1, -0.05) is 0 Å². The smallest absolute Gasteiger partial charge is 0.451 e. The van der Waals surface area contributed by atoms with E-state index in [4.69, 9.17) is 14.4 Å². The molecule has 0 bridgehead atoms. The Kier molecular flexibility index (Phi) is 6.90. The molecule has 0 spiro atoms. The number of nitrogens with zero attached hydrogens (tertiary/aromatic N) is 3. The first-order chi connectivity index (χ1) is 16.1. The molecular weight excluding hydrogens is 449 g/mol. The number of nitrogens with one attached hydrogen (secondary N) is 3. The monoisotopic (exact) mass is 480 g/mol. The van der Waals surface area contributed by atoms with Gasteiger partial charge in [0.05, 0.1) is 11.4 Å². The average Bonchev–Trinajstić information content (AvgIpc) is 3.15. The maximum absolute atomic E-state index is 13.1. The molecule has 11 heteroatoms. The second-order valence-corrected chi connectivity index (χ2v) is 9.29. The molecule has 34 heavy (non-hydrogen) atoms. The summed E-state index contributed by atoms with van der Waals surface area (Å²) >= 11 is 0. The maximum atomic E-state index is 13.1. The zero-order valence-electron chi connectivity index (χ0n) is 19.7. The summed E-state index contributed by atoms with van der Waals surface area (Å²) in [5, 5.41) is 8.51. The van der Waals surface area contributed by atoms with Crippen molar-refractivity contribution in [2.24, 2.45) is 0 Å². The van der Waals surface area contributed by atoms with E-state index in [1.165, 1.54) is 18.6 Å². The van der Waals surface area contributed by atoms with Gasteiger partial charge in [0, 0.05) is 37.8 Å². The fourth-order valence-electron chi connectivity index (χ4n) is 4.73. The Morgan fingerprint density at radius 2 is 1.76 bits per heavy atom. The molecule has 4 rings (SSSR count). The first-order valence-corrected chi connectivity index (χ1v) is 11.7. The number of fused-ring (bicyclic) bond motifs is 1. The van der Waals surface area contributed by atoms with Gasteiger partial charge in [-0.15, -0.1) is 0 Å². The summed E-state index contributed by atoms with van der Waals surface area (Å²) < 4.78 is 43.9. The Morgan fingerprint density at radius 1 is 1.09 bits per heavy atom. The number of carbonyl (C=O) groups excluding carboxylic acids is 1. The van der Waals surface area contributed by atoms with Crippen LogP contribution in [0, 0.1) is 6.92 Å². The zero-order chi connectivity index (χ0) is 24.5. The lowest BCUT2D eigenvalue weighted by Crippen LogP contribution is -2.42. The van der Waals surface area contributed by atoms with Crippen LogP contribution in [0.3, 0.4) is 0 Å². The number of anilines is 3. The third-order valence-corrected chi connectivity index (χ3v) is 6.34. The van der Waals surface area contributed by atoms with E-state index >= 15 is 0 Å².